The molecule has 5 nitrogen and oxygen atoms in total. The van der Waals surface area contributed by atoms with E-state index >= 15 is 0 Å². The summed E-state index contributed by atoms with van der Waals surface area (Å²) in [5.74, 6) is 0.133. The fourth-order valence-corrected chi connectivity index (χ4v) is 3.95. The number of hydrogen-bond donors (Lipinski definition) is 1. The number of carbonyl (C=O) groups excluding carboxylic acids is 1. The van der Waals surface area contributed by atoms with E-state index in [0.717, 1.165) is 31.4 Å². The molecule has 0 atom stereocenters. The summed E-state index contributed by atoms with van der Waals surface area (Å²) < 4.78 is 6.06. The SMILES string of the molecule is CCCCCCCCCCCCCCOC(=O)C[N+](C)(C)CCCN=Cc1ccccc1O. The van der Waals surface area contributed by atoms with Crippen LogP contribution in [0.2, 0.25) is 0 Å². The molecule has 0 fully saturated rings. The van der Waals surface area contributed by atoms with Crippen molar-refractivity contribution < 1.29 is 19.1 Å². The van der Waals surface area contributed by atoms with Crippen LogP contribution >= 0.6 is 0 Å². The zero-order chi connectivity index (χ0) is 24.2. The van der Waals surface area contributed by atoms with Crippen LogP contribution in [0, 0.1) is 0 Å². The van der Waals surface area contributed by atoms with E-state index in [1.54, 1.807) is 18.3 Å². The van der Waals surface area contributed by atoms with Crippen LogP contribution in [0.4, 0.5) is 0 Å². The molecular formula is C28H49N2O3+. The Morgan fingerprint density at radius 2 is 1.48 bits per heavy atom. The number of hydrogen-bond acceptors (Lipinski definition) is 4. The molecule has 0 bridgehead atoms. The number of carbonyl (C=O) groups is 1. The summed E-state index contributed by atoms with van der Waals surface area (Å²) in [5, 5.41) is 9.74. The maximum Gasteiger partial charge on any atom is 0.361 e. The van der Waals surface area contributed by atoms with Crippen molar-refractivity contribution in [2.45, 2.75) is 90.4 Å². The second-order valence-corrected chi connectivity index (χ2v) is 9.87. The standard InChI is InChI=1S/C28H48N2O3/c1-4-5-6-7-8-9-10-11-12-13-14-17-23-33-28(32)25-30(2,3)22-18-21-29-24-26-19-15-16-20-27(26)31/h15-16,19-20,24H,4-14,17-18,21-23,25H2,1-3H3/p+1. The molecule has 188 valence electrons. The Labute approximate surface area is 202 Å². The second kappa shape index (κ2) is 18.5. The third kappa shape index (κ3) is 16.4. The summed E-state index contributed by atoms with van der Waals surface area (Å²) in [6, 6.07) is 7.17. The van der Waals surface area contributed by atoms with Gasteiger partial charge in [-0.3, -0.25) is 4.99 Å². The molecule has 0 heterocycles. The van der Waals surface area contributed by atoms with Crippen molar-refractivity contribution in [3.8, 4) is 5.75 Å². The largest absolute Gasteiger partial charge is 0.507 e. The Bertz CT molecular complexity index is 658. The number of ether oxygens (including phenoxy) is 1. The average Bonchev–Trinajstić information content (AvgIpc) is 2.77. The third-order valence-corrected chi connectivity index (χ3v) is 6.04. The zero-order valence-corrected chi connectivity index (χ0v) is 21.6. The Morgan fingerprint density at radius 3 is 2.09 bits per heavy atom. The topological polar surface area (TPSA) is 58.9 Å². The van der Waals surface area contributed by atoms with Gasteiger partial charge in [0.15, 0.2) is 6.54 Å². The van der Waals surface area contributed by atoms with Gasteiger partial charge in [-0.15, -0.1) is 0 Å². The molecule has 0 aliphatic rings. The normalized spacial score (nSPS) is 11.8. The maximum absolute atomic E-state index is 12.2. The number of quaternary nitrogens is 1. The van der Waals surface area contributed by atoms with E-state index in [1.165, 1.54) is 64.2 Å². The van der Waals surface area contributed by atoms with Crippen molar-refractivity contribution in [3.63, 3.8) is 0 Å². The van der Waals surface area contributed by atoms with Crippen LogP contribution in [-0.4, -0.2) is 62.1 Å². The van der Waals surface area contributed by atoms with Gasteiger partial charge in [0.25, 0.3) is 0 Å². The van der Waals surface area contributed by atoms with Gasteiger partial charge in [-0.25, -0.2) is 4.79 Å². The minimum atomic E-state index is -0.110. The van der Waals surface area contributed by atoms with E-state index in [2.05, 4.69) is 26.0 Å². The van der Waals surface area contributed by atoms with Crippen molar-refractivity contribution in [3.05, 3.63) is 29.8 Å². The van der Waals surface area contributed by atoms with E-state index in [0.29, 0.717) is 24.2 Å². The number of rotatable bonds is 20. The van der Waals surface area contributed by atoms with Crippen LogP contribution < -0.4 is 0 Å². The molecule has 0 aromatic heterocycles. The minimum Gasteiger partial charge on any atom is -0.507 e. The van der Waals surface area contributed by atoms with E-state index in [-0.39, 0.29) is 11.7 Å². The Kier molecular flexibility index (Phi) is 16.4. The molecule has 1 N–H and O–H groups in total. The Balaban J connectivity index is 1.99. The van der Waals surface area contributed by atoms with Crippen LogP contribution in [0.15, 0.2) is 29.3 Å². The molecule has 0 amide bonds. The second-order valence-electron chi connectivity index (χ2n) is 9.87. The van der Waals surface area contributed by atoms with E-state index in [4.69, 9.17) is 4.74 Å². The van der Waals surface area contributed by atoms with Gasteiger partial charge in [0.1, 0.15) is 5.75 Å². The number of likely N-dealkylation sites (N-methyl/N-ethyl adjacent to an activating group) is 1. The van der Waals surface area contributed by atoms with Crippen LogP contribution in [0.25, 0.3) is 0 Å². The number of phenolic OH excluding ortho intramolecular Hbond substituents is 1. The first kappa shape index (κ1) is 29.2. The van der Waals surface area contributed by atoms with Crippen molar-refractivity contribution in [2.24, 2.45) is 4.99 Å². The monoisotopic (exact) mass is 461 g/mol. The number of para-hydroxylation sites is 1. The lowest BCUT2D eigenvalue weighted by atomic mass is 10.1. The quantitative estimate of drug-likeness (QED) is 0.104. The van der Waals surface area contributed by atoms with Crippen LogP contribution in [0.5, 0.6) is 5.75 Å². The number of aromatic hydroxyl groups is 1. The smallest absolute Gasteiger partial charge is 0.361 e. The van der Waals surface area contributed by atoms with E-state index in [9.17, 15) is 9.90 Å². The highest BCUT2D eigenvalue weighted by Crippen LogP contribution is 2.13. The van der Waals surface area contributed by atoms with Gasteiger partial charge < -0.3 is 14.3 Å². The fraction of sp³-hybridized carbons (Fsp3) is 0.714. The lowest BCUT2D eigenvalue weighted by Gasteiger charge is -2.28. The molecule has 5 heteroatoms. The van der Waals surface area contributed by atoms with Crippen molar-refractivity contribution in [1.29, 1.82) is 0 Å². The van der Waals surface area contributed by atoms with Gasteiger partial charge in [0, 0.05) is 24.7 Å². The molecule has 0 aliphatic heterocycles. The maximum atomic E-state index is 12.2. The molecule has 1 aromatic carbocycles. The molecule has 1 rings (SSSR count). The first-order chi connectivity index (χ1) is 15.9. The summed E-state index contributed by atoms with van der Waals surface area (Å²) in [6.07, 6.45) is 18.3. The Hall–Kier alpha value is -1.88. The molecule has 0 unspecified atom stereocenters. The first-order valence-corrected chi connectivity index (χ1v) is 13.2. The van der Waals surface area contributed by atoms with Gasteiger partial charge in [-0.05, 0) is 18.6 Å². The van der Waals surface area contributed by atoms with Gasteiger partial charge in [0.2, 0.25) is 0 Å². The number of phenols is 1. The van der Waals surface area contributed by atoms with Crippen molar-refractivity contribution in [2.75, 3.05) is 40.3 Å². The lowest BCUT2D eigenvalue weighted by Crippen LogP contribution is -2.45. The molecule has 1 aromatic rings. The van der Waals surface area contributed by atoms with Crippen molar-refractivity contribution in [1.82, 2.24) is 0 Å². The van der Waals surface area contributed by atoms with E-state index < -0.39 is 0 Å². The summed E-state index contributed by atoms with van der Waals surface area (Å²) in [6.45, 7) is 4.72. The number of aliphatic imine (C=N–C) groups is 1. The third-order valence-electron chi connectivity index (χ3n) is 6.04. The summed E-state index contributed by atoms with van der Waals surface area (Å²) >= 11 is 0. The number of esters is 1. The molecule has 0 saturated heterocycles. The summed E-state index contributed by atoms with van der Waals surface area (Å²) in [7, 11) is 4.11. The first-order valence-electron chi connectivity index (χ1n) is 13.2. The highest BCUT2D eigenvalue weighted by molar-refractivity contribution is 5.83. The van der Waals surface area contributed by atoms with Gasteiger partial charge >= 0.3 is 5.97 Å². The molecule has 0 radical (unpaired) electrons. The minimum absolute atomic E-state index is 0.110. The average molecular weight is 462 g/mol. The van der Waals surface area contributed by atoms with E-state index in [1.807, 2.05) is 12.1 Å². The van der Waals surface area contributed by atoms with Gasteiger partial charge in [0.05, 0.1) is 27.2 Å². The molecule has 0 saturated carbocycles. The highest BCUT2D eigenvalue weighted by atomic mass is 16.5. The van der Waals surface area contributed by atoms with Crippen LogP contribution in [-0.2, 0) is 9.53 Å². The number of unbranched alkanes of at least 4 members (excludes halogenated alkanes) is 11. The predicted molar refractivity (Wildman–Crippen MR) is 139 cm³/mol. The number of benzene rings is 1. The summed E-state index contributed by atoms with van der Waals surface area (Å²) in [5.41, 5.74) is 0.729. The molecule has 33 heavy (non-hydrogen) atoms. The summed E-state index contributed by atoms with van der Waals surface area (Å²) in [4.78, 5) is 16.6. The lowest BCUT2D eigenvalue weighted by molar-refractivity contribution is -0.883. The predicted octanol–water partition coefficient (Wildman–Crippen LogP) is 6.52. The van der Waals surface area contributed by atoms with Crippen LogP contribution in [0.3, 0.4) is 0 Å². The molecular weight excluding hydrogens is 412 g/mol. The zero-order valence-electron chi connectivity index (χ0n) is 21.6. The molecule has 0 aliphatic carbocycles. The van der Waals surface area contributed by atoms with Gasteiger partial charge in [-0.1, -0.05) is 89.7 Å². The highest BCUT2D eigenvalue weighted by Gasteiger charge is 2.20. The number of nitrogens with zero attached hydrogens (tertiary/aromatic N) is 2. The van der Waals surface area contributed by atoms with Gasteiger partial charge in [-0.2, -0.15) is 0 Å². The fourth-order valence-electron chi connectivity index (χ4n) is 3.95. The molecule has 0 spiro atoms. The Morgan fingerprint density at radius 1 is 0.909 bits per heavy atom. The van der Waals surface area contributed by atoms with Crippen molar-refractivity contribution >= 4 is 12.2 Å². The van der Waals surface area contributed by atoms with Crippen LogP contribution in [0.1, 0.15) is 96.0 Å².